The Bertz CT molecular complexity index is 889. The molecule has 0 bridgehead atoms. The summed E-state index contributed by atoms with van der Waals surface area (Å²) in [6, 6.07) is 5.40. The minimum absolute atomic E-state index is 0.00759. The van der Waals surface area contributed by atoms with Gasteiger partial charge in [0.15, 0.2) is 0 Å². The van der Waals surface area contributed by atoms with Gasteiger partial charge in [0.2, 0.25) is 11.8 Å². The third kappa shape index (κ3) is 3.63. The quantitative estimate of drug-likeness (QED) is 0.585. The van der Waals surface area contributed by atoms with Gasteiger partial charge in [-0.2, -0.15) is 0 Å². The number of hydrogen-bond acceptors (Lipinski definition) is 5. The third-order valence-electron chi connectivity index (χ3n) is 5.09. The largest absolute Gasteiger partial charge is 0.367 e. The van der Waals surface area contributed by atoms with Crippen molar-refractivity contribution < 1.29 is 19.1 Å². The molecule has 3 heterocycles. The number of aromatic nitrogens is 2. The van der Waals surface area contributed by atoms with Gasteiger partial charge in [0.1, 0.15) is 23.5 Å². The topological polar surface area (TPSA) is 139 Å². The van der Waals surface area contributed by atoms with E-state index in [4.69, 9.17) is 10.5 Å². The molecular formula is C18H21N5O4. The SMILES string of the molecule is NC(=O)[C@@H]1CC[C@H](C(=O)NC2CC(NC(=O)c3ccc4cc[nH]c4n3)C2)O1. The van der Waals surface area contributed by atoms with E-state index in [1.165, 1.54) is 0 Å². The molecule has 1 aliphatic carbocycles. The summed E-state index contributed by atoms with van der Waals surface area (Å²) in [6.07, 6.45) is 2.71. The molecular weight excluding hydrogens is 350 g/mol. The van der Waals surface area contributed by atoms with Crippen molar-refractivity contribution in [1.82, 2.24) is 20.6 Å². The Morgan fingerprint density at radius 1 is 1.07 bits per heavy atom. The van der Waals surface area contributed by atoms with Crippen molar-refractivity contribution >= 4 is 28.8 Å². The van der Waals surface area contributed by atoms with E-state index in [1.807, 2.05) is 12.1 Å². The van der Waals surface area contributed by atoms with Gasteiger partial charge >= 0.3 is 0 Å². The number of amides is 3. The molecule has 142 valence electrons. The standard InChI is InChI=1S/C18H21N5O4/c19-15(24)13-3-4-14(27-13)18(26)22-11-7-10(8-11)21-17(25)12-2-1-9-5-6-20-16(9)23-12/h1-2,5-6,10-11,13-14H,3-4,7-8H2,(H2,19,24)(H,20,23)(H,21,25)(H,22,26)/t10?,11?,13-,14+/m0/s1. The van der Waals surface area contributed by atoms with Crippen LogP contribution >= 0.6 is 0 Å². The van der Waals surface area contributed by atoms with Crippen molar-refractivity contribution in [2.75, 3.05) is 0 Å². The normalized spacial score (nSPS) is 27.1. The number of nitrogens with one attached hydrogen (secondary N) is 3. The van der Waals surface area contributed by atoms with Crippen molar-refractivity contribution in [1.29, 1.82) is 0 Å². The summed E-state index contributed by atoms with van der Waals surface area (Å²) < 4.78 is 5.36. The number of rotatable bonds is 5. The summed E-state index contributed by atoms with van der Waals surface area (Å²) in [6.45, 7) is 0. The Balaban J connectivity index is 1.23. The lowest BCUT2D eigenvalue weighted by Gasteiger charge is -2.36. The number of nitrogens with two attached hydrogens (primary N) is 1. The molecule has 0 spiro atoms. The van der Waals surface area contributed by atoms with Crippen molar-refractivity contribution in [2.45, 2.75) is 50.0 Å². The molecule has 1 aliphatic heterocycles. The summed E-state index contributed by atoms with van der Waals surface area (Å²) in [5.41, 5.74) is 6.22. The summed E-state index contributed by atoms with van der Waals surface area (Å²) in [5, 5.41) is 6.77. The van der Waals surface area contributed by atoms with Crippen LogP contribution in [-0.4, -0.2) is 52.0 Å². The molecule has 0 radical (unpaired) electrons. The number of ether oxygens (including phenoxy) is 1. The fourth-order valence-electron chi connectivity index (χ4n) is 3.50. The molecule has 1 saturated heterocycles. The van der Waals surface area contributed by atoms with Crippen LogP contribution in [0.3, 0.4) is 0 Å². The highest BCUT2D eigenvalue weighted by atomic mass is 16.5. The van der Waals surface area contributed by atoms with Crippen LogP contribution in [0, 0.1) is 0 Å². The van der Waals surface area contributed by atoms with E-state index >= 15 is 0 Å². The molecule has 2 aromatic rings. The Hall–Kier alpha value is -2.94. The first kappa shape index (κ1) is 17.5. The number of pyridine rings is 1. The fourth-order valence-corrected chi connectivity index (χ4v) is 3.50. The zero-order chi connectivity index (χ0) is 19.0. The number of carbonyl (C=O) groups excluding carboxylic acids is 3. The summed E-state index contributed by atoms with van der Waals surface area (Å²) in [5.74, 6) is -1.00. The molecule has 9 heteroatoms. The van der Waals surface area contributed by atoms with E-state index in [0.717, 1.165) is 5.39 Å². The highest BCUT2D eigenvalue weighted by Crippen LogP contribution is 2.23. The van der Waals surface area contributed by atoms with Gasteiger partial charge in [0.25, 0.3) is 5.91 Å². The number of H-pyrrole nitrogens is 1. The number of primary amides is 1. The number of hydrogen-bond donors (Lipinski definition) is 4. The van der Waals surface area contributed by atoms with Crippen LogP contribution in [0.15, 0.2) is 24.4 Å². The Kier molecular flexibility index (Phi) is 4.53. The highest BCUT2D eigenvalue weighted by Gasteiger charge is 2.37. The van der Waals surface area contributed by atoms with Gasteiger partial charge in [-0.1, -0.05) is 0 Å². The summed E-state index contributed by atoms with van der Waals surface area (Å²) >= 11 is 0. The minimum atomic E-state index is -0.682. The molecule has 0 aromatic carbocycles. The van der Waals surface area contributed by atoms with Crippen molar-refractivity contribution in [3.63, 3.8) is 0 Å². The van der Waals surface area contributed by atoms with Crippen LogP contribution < -0.4 is 16.4 Å². The molecule has 2 atom stereocenters. The van der Waals surface area contributed by atoms with Crippen LogP contribution in [0.25, 0.3) is 11.0 Å². The van der Waals surface area contributed by atoms with Crippen molar-refractivity contribution in [3.8, 4) is 0 Å². The summed E-state index contributed by atoms with van der Waals surface area (Å²) in [4.78, 5) is 42.9. The Morgan fingerprint density at radius 2 is 1.81 bits per heavy atom. The van der Waals surface area contributed by atoms with Crippen LogP contribution in [0.5, 0.6) is 0 Å². The first-order valence-electron chi connectivity index (χ1n) is 9.00. The second-order valence-electron chi connectivity index (χ2n) is 7.05. The minimum Gasteiger partial charge on any atom is -0.367 e. The molecule has 2 aromatic heterocycles. The lowest BCUT2D eigenvalue weighted by Crippen LogP contribution is -2.55. The number of carbonyl (C=O) groups is 3. The first-order chi connectivity index (χ1) is 13.0. The van der Waals surface area contributed by atoms with Gasteiger partial charge < -0.3 is 26.1 Å². The van der Waals surface area contributed by atoms with E-state index in [0.29, 0.717) is 37.0 Å². The third-order valence-corrected chi connectivity index (χ3v) is 5.09. The zero-order valence-electron chi connectivity index (χ0n) is 14.6. The van der Waals surface area contributed by atoms with E-state index in [2.05, 4.69) is 20.6 Å². The summed E-state index contributed by atoms with van der Waals surface area (Å²) in [7, 11) is 0. The lowest BCUT2D eigenvalue weighted by atomic mass is 9.86. The fraction of sp³-hybridized carbons (Fsp3) is 0.444. The first-order valence-corrected chi connectivity index (χ1v) is 9.00. The van der Waals surface area contributed by atoms with Crippen molar-refractivity contribution in [2.24, 2.45) is 5.73 Å². The van der Waals surface area contributed by atoms with Crippen molar-refractivity contribution in [3.05, 3.63) is 30.1 Å². The van der Waals surface area contributed by atoms with E-state index in [-0.39, 0.29) is 23.9 Å². The molecule has 2 fully saturated rings. The zero-order valence-corrected chi connectivity index (χ0v) is 14.6. The molecule has 1 saturated carbocycles. The maximum atomic E-state index is 12.3. The molecule has 9 nitrogen and oxygen atoms in total. The molecule has 3 amide bonds. The van der Waals surface area contributed by atoms with Gasteiger partial charge in [-0.3, -0.25) is 14.4 Å². The Morgan fingerprint density at radius 3 is 2.56 bits per heavy atom. The average Bonchev–Trinajstić information content (AvgIpc) is 3.28. The van der Waals surface area contributed by atoms with E-state index in [1.54, 1.807) is 12.3 Å². The maximum Gasteiger partial charge on any atom is 0.270 e. The maximum absolute atomic E-state index is 12.3. The van der Waals surface area contributed by atoms with Gasteiger partial charge in [0, 0.05) is 23.7 Å². The van der Waals surface area contributed by atoms with E-state index in [9.17, 15) is 14.4 Å². The van der Waals surface area contributed by atoms with Crippen LogP contribution in [0.1, 0.15) is 36.2 Å². The van der Waals surface area contributed by atoms with Gasteiger partial charge in [0.05, 0.1) is 0 Å². The number of nitrogens with zero attached hydrogens (tertiary/aromatic N) is 1. The van der Waals surface area contributed by atoms with Crippen LogP contribution in [0.2, 0.25) is 0 Å². The highest BCUT2D eigenvalue weighted by molar-refractivity contribution is 5.94. The second kappa shape index (κ2) is 6.99. The molecule has 4 rings (SSSR count). The lowest BCUT2D eigenvalue weighted by molar-refractivity contribution is -0.138. The van der Waals surface area contributed by atoms with Gasteiger partial charge in [-0.25, -0.2) is 4.98 Å². The number of fused-ring (bicyclic) bond motifs is 1. The van der Waals surface area contributed by atoms with Crippen LogP contribution in [0.4, 0.5) is 0 Å². The Labute approximate surface area is 155 Å². The predicted octanol–water partition coefficient (Wildman–Crippen LogP) is -0.0272. The number of aromatic amines is 1. The molecule has 5 N–H and O–H groups in total. The smallest absolute Gasteiger partial charge is 0.270 e. The van der Waals surface area contributed by atoms with Gasteiger partial charge in [-0.15, -0.1) is 0 Å². The monoisotopic (exact) mass is 371 g/mol. The average molecular weight is 371 g/mol. The van der Waals surface area contributed by atoms with Crippen LogP contribution in [-0.2, 0) is 14.3 Å². The van der Waals surface area contributed by atoms with Gasteiger partial charge in [-0.05, 0) is 43.9 Å². The second-order valence-corrected chi connectivity index (χ2v) is 7.05. The molecule has 2 aliphatic rings. The van der Waals surface area contributed by atoms with E-state index < -0.39 is 18.1 Å². The predicted molar refractivity (Wildman–Crippen MR) is 95.6 cm³/mol. The molecule has 0 unspecified atom stereocenters. The molecule has 27 heavy (non-hydrogen) atoms.